The summed E-state index contributed by atoms with van der Waals surface area (Å²) in [6.07, 6.45) is 3.95. The zero-order valence-corrected chi connectivity index (χ0v) is 13.3. The van der Waals surface area contributed by atoms with Crippen molar-refractivity contribution in [1.82, 2.24) is 15.2 Å². The summed E-state index contributed by atoms with van der Waals surface area (Å²) in [6, 6.07) is 15.5. The van der Waals surface area contributed by atoms with Crippen molar-refractivity contribution < 1.29 is 4.79 Å². The summed E-state index contributed by atoms with van der Waals surface area (Å²) in [5.74, 6) is 0.795. The third-order valence-electron chi connectivity index (χ3n) is 4.39. The second-order valence-electron chi connectivity index (χ2n) is 6.05. The summed E-state index contributed by atoms with van der Waals surface area (Å²) in [6.45, 7) is 3.50. The molecule has 0 aliphatic carbocycles. The molecule has 0 atom stereocenters. The van der Waals surface area contributed by atoms with E-state index < -0.39 is 0 Å². The third-order valence-corrected chi connectivity index (χ3v) is 4.39. The molecule has 0 bridgehead atoms. The Hall–Kier alpha value is -2.20. The molecule has 1 aliphatic heterocycles. The number of hydrogen-bond acceptors (Lipinski definition) is 3. The van der Waals surface area contributed by atoms with Gasteiger partial charge in [0.25, 0.3) is 5.91 Å². The second-order valence-corrected chi connectivity index (χ2v) is 6.05. The molecule has 1 aliphatic rings. The maximum Gasteiger partial charge on any atom is 0.253 e. The van der Waals surface area contributed by atoms with Crippen molar-refractivity contribution in [2.24, 2.45) is 5.92 Å². The van der Waals surface area contributed by atoms with Crippen LogP contribution in [0.25, 0.3) is 0 Å². The number of rotatable bonds is 5. The van der Waals surface area contributed by atoms with Crippen molar-refractivity contribution in [3.63, 3.8) is 0 Å². The summed E-state index contributed by atoms with van der Waals surface area (Å²) < 4.78 is 0. The van der Waals surface area contributed by atoms with Crippen LogP contribution in [0.3, 0.4) is 0 Å². The van der Waals surface area contributed by atoms with E-state index in [9.17, 15) is 4.79 Å². The Balaban J connectivity index is 1.41. The van der Waals surface area contributed by atoms with E-state index in [0.717, 1.165) is 50.3 Å². The summed E-state index contributed by atoms with van der Waals surface area (Å²) in [7, 11) is 0. The van der Waals surface area contributed by atoms with Crippen molar-refractivity contribution in [2.75, 3.05) is 19.6 Å². The fourth-order valence-corrected chi connectivity index (χ4v) is 3.01. The van der Waals surface area contributed by atoms with E-state index in [1.165, 1.54) is 0 Å². The molecule has 1 amide bonds. The molecule has 1 fully saturated rings. The first kappa shape index (κ1) is 15.7. The molecule has 1 aromatic carbocycles. The van der Waals surface area contributed by atoms with Crippen LogP contribution in [-0.4, -0.2) is 35.4 Å². The number of amides is 1. The average Bonchev–Trinajstić information content (AvgIpc) is 2.63. The van der Waals surface area contributed by atoms with Gasteiger partial charge in [-0.15, -0.1) is 0 Å². The molecule has 120 valence electrons. The number of likely N-dealkylation sites (tertiary alicyclic amines) is 1. The van der Waals surface area contributed by atoms with E-state index >= 15 is 0 Å². The molecule has 23 heavy (non-hydrogen) atoms. The minimum absolute atomic E-state index is 0.158. The zero-order valence-electron chi connectivity index (χ0n) is 13.3. The van der Waals surface area contributed by atoms with Crippen LogP contribution in [0.4, 0.5) is 0 Å². The zero-order chi connectivity index (χ0) is 15.9. The largest absolute Gasteiger partial charge is 0.339 e. The average molecular weight is 309 g/mol. The van der Waals surface area contributed by atoms with Gasteiger partial charge >= 0.3 is 0 Å². The van der Waals surface area contributed by atoms with Gasteiger partial charge in [-0.05, 0) is 49.6 Å². The molecule has 0 saturated carbocycles. The van der Waals surface area contributed by atoms with Gasteiger partial charge in [-0.3, -0.25) is 9.78 Å². The molecule has 2 aromatic rings. The van der Waals surface area contributed by atoms with E-state index in [1.807, 2.05) is 59.6 Å². The topological polar surface area (TPSA) is 45.2 Å². The number of hydrogen-bond donors (Lipinski definition) is 1. The van der Waals surface area contributed by atoms with Crippen molar-refractivity contribution >= 4 is 5.91 Å². The van der Waals surface area contributed by atoms with Gasteiger partial charge in [0.1, 0.15) is 0 Å². The molecule has 1 saturated heterocycles. The molecule has 1 aromatic heterocycles. The normalized spacial score (nSPS) is 15.6. The lowest BCUT2D eigenvalue weighted by molar-refractivity contribution is 0.0690. The van der Waals surface area contributed by atoms with Gasteiger partial charge in [0, 0.05) is 31.4 Å². The number of nitrogens with one attached hydrogen (secondary N) is 1. The number of benzene rings is 1. The Labute approximate surface area is 137 Å². The van der Waals surface area contributed by atoms with Crippen LogP contribution in [-0.2, 0) is 6.54 Å². The summed E-state index contributed by atoms with van der Waals surface area (Å²) in [4.78, 5) is 18.7. The fraction of sp³-hybridized carbons (Fsp3) is 0.368. The first-order chi connectivity index (χ1) is 11.3. The van der Waals surface area contributed by atoms with Crippen LogP contribution >= 0.6 is 0 Å². The van der Waals surface area contributed by atoms with Crippen LogP contribution in [0.2, 0.25) is 0 Å². The number of carbonyl (C=O) groups is 1. The molecule has 0 spiro atoms. The van der Waals surface area contributed by atoms with E-state index in [-0.39, 0.29) is 5.91 Å². The number of aromatic nitrogens is 1. The Morgan fingerprint density at radius 1 is 1.09 bits per heavy atom. The first-order valence-electron chi connectivity index (χ1n) is 8.28. The lowest BCUT2D eigenvalue weighted by Crippen LogP contribution is -2.40. The minimum atomic E-state index is 0.158. The van der Waals surface area contributed by atoms with Gasteiger partial charge in [0.05, 0.1) is 5.69 Å². The van der Waals surface area contributed by atoms with E-state index in [1.54, 1.807) is 0 Å². The molecule has 4 heteroatoms. The van der Waals surface area contributed by atoms with Gasteiger partial charge < -0.3 is 10.2 Å². The molecule has 1 N–H and O–H groups in total. The Bertz CT molecular complexity index is 607. The van der Waals surface area contributed by atoms with Gasteiger partial charge in [-0.2, -0.15) is 0 Å². The maximum absolute atomic E-state index is 12.4. The highest BCUT2D eigenvalue weighted by atomic mass is 16.2. The molecular weight excluding hydrogens is 286 g/mol. The Kier molecular flexibility index (Phi) is 5.37. The van der Waals surface area contributed by atoms with Gasteiger partial charge in [0.15, 0.2) is 0 Å². The van der Waals surface area contributed by atoms with Crippen molar-refractivity contribution in [1.29, 1.82) is 0 Å². The fourth-order valence-electron chi connectivity index (χ4n) is 3.01. The molecule has 2 heterocycles. The van der Waals surface area contributed by atoms with Gasteiger partial charge in [-0.1, -0.05) is 24.3 Å². The Morgan fingerprint density at radius 2 is 1.83 bits per heavy atom. The SMILES string of the molecule is O=C(c1ccccc1)N1CCC(CNCc2ccccn2)CC1. The lowest BCUT2D eigenvalue weighted by Gasteiger charge is -2.32. The van der Waals surface area contributed by atoms with E-state index in [0.29, 0.717) is 5.92 Å². The highest BCUT2D eigenvalue weighted by Gasteiger charge is 2.23. The van der Waals surface area contributed by atoms with Crippen molar-refractivity contribution in [3.05, 3.63) is 66.0 Å². The summed E-state index contributed by atoms with van der Waals surface area (Å²) >= 11 is 0. The number of pyridine rings is 1. The molecular formula is C19H23N3O. The molecule has 4 nitrogen and oxygen atoms in total. The number of carbonyl (C=O) groups excluding carboxylic acids is 1. The predicted octanol–water partition coefficient (Wildman–Crippen LogP) is 2.72. The maximum atomic E-state index is 12.4. The minimum Gasteiger partial charge on any atom is -0.339 e. The van der Waals surface area contributed by atoms with Crippen molar-refractivity contribution in [3.8, 4) is 0 Å². The summed E-state index contributed by atoms with van der Waals surface area (Å²) in [5.41, 5.74) is 1.86. The van der Waals surface area contributed by atoms with Crippen LogP contribution in [0.5, 0.6) is 0 Å². The quantitative estimate of drug-likeness (QED) is 0.923. The highest BCUT2D eigenvalue weighted by Crippen LogP contribution is 2.18. The monoisotopic (exact) mass is 309 g/mol. The smallest absolute Gasteiger partial charge is 0.253 e. The summed E-state index contributed by atoms with van der Waals surface area (Å²) in [5, 5.41) is 3.48. The van der Waals surface area contributed by atoms with E-state index in [2.05, 4.69) is 10.3 Å². The van der Waals surface area contributed by atoms with Crippen LogP contribution in [0.15, 0.2) is 54.7 Å². The first-order valence-corrected chi connectivity index (χ1v) is 8.28. The third kappa shape index (κ3) is 4.39. The van der Waals surface area contributed by atoms with E-state index in [4.69, 9.17) is 0 Å². The second kappa shape index (κ2) is 7.88. The standard InChI is InChI=1S/C19H23N3O/c23-19(17-6-2-1-3-7-17)22-12-9-16(10-13-22)14-20-15-18-8-4-5-11-21-18/h1-8,11,16,20H,9-10,12-15H2. The highest BCUT2D eigenvalue weighted by molar-refractivity contribution is 5.94. The van der Waals surface area contributed by atoms with Crippen molar-refractivity contribution in [2.45, 2.75) is 19.4 Å². The lowest BCUT2D eigenvalue weighted by atomic mass is 9.96. The van der Waals surface area contributed by atoms with Crippen LogP contribution in [0, 0.1) is 5.92 Å². The number of piperidine rings is 1. The molecule has 0 radical (unpaired) electrons. The van der Waals surface area contributed by atoms with Gasteiger partial charge in [0.2, 0.25) is 0 Å². The van der Waals surface area contributed by atoms with Crippen LogP contribution in [0.1, 0.15) is 28.9 Å². The molecule has 0 unspecified atom stereocenters. The predicted molar refractivity (Wildman–Crippen MR) is 91.0 cm³/mol. The van der Waals surface area contributed by atoms with Gasteiger partial charge in [-0.25, -0.2) is 0 Å². The Morgan fingerprint density at radius 3 is 2.52 bits per heavy atom. The molecule has 3 rings (SSSR count). The van der Waals surface area contributed by atoms with Crippen LogP contribution < -0.4 is 5.32 Å². The number of nitrogens with zero attached hydrogens (tertiary/aromatic N) is 2.